The van der Waals surface area contributed by atoms with E-state index >= 15 is 0 Å². The van der Waals surface area contributed by atoms with Gasteiger partial charge in [0.15, 0.2) is 0 Å². The average molecular weight is 467 g/mol. The Morgan fingerprint density at radius 2 is 1.55 bits per heavy atom. The van der Waals surface area contributed by atoms with Crippen LogP contribution >= 0.6 is 11.6 Å². The van der Waals surface area contributed by atoms with Crippen molar-refractivity contribution in [2.45, 2.75) is 24.8 Å². The van der Waals surface area contributed by atoms with E-state index in [0.717, 1.165) is 0 Å². The van der Waals surface area contributed by atoms with Crippen LogP contribution in [0.2, 0.25) is 5.02 Å². The summed E-state index contributed by atoms with van der Waals surface area (Å²) < 4.78 is 27.4. The summed E-state index contributed by atoms with van der Waals surface area (Å²) in [6.07, 6.45) is 0. The number of hydrogen-bond acceptors (Lipinski definition) is 5. The number of amides is 3. The van der Waals surface area contributed by atoms with Crippen LogP contribution in [-0.4, -0.2) is 51.2 Å². The van der Waals surface area contributed by atoms with Crippen molar-refractivity contribution in [2.75, 3.05) is 24.7 Å². The van der Waals surface area contributed by atoms with Crippen LogP contribution < -0.4 is 15.4 Å². The van der Waals surface area contributed by atoms with E-state index in [2.05, 4.69) is 15.4 Å². The number of nitrogens with zero attached hydrogens (tertiary/aromatic N) is 1. The molecule has 0 fully saturated rings. The Hall–Kier alpha value is -2.95. The highest BCUT2D eigenvalue weighted by Crippen LogP contribution is 2.22. The predicted molar refractivity (Wildman–Crippen MR) is 119 cm³/mol. The van der Waals surface area contributed by atoms with Gasteiger partial charge in [0.1, 0.15) is 0 Å². The highest BCUT2D eigenvalue weighted by molar-refractivity contribution is 7.89. The summed E-state index contributed by atoms with van der Waals surface area (Å²) in [5.41, 5.74) is 0.949. The number of nitrogens with one attached hydrogen (secondary N) is 3. The van der Waals surface area contributed by atoms with Gasteiger partial charge in [0.2, 0.25) is 21.8 Å². The molecule has 3 N–H and O–H groups in total. The lowest BCUT2D eigenvalue weighted by molar-refractivity contribution is -0.117. The van der Waals surface area contributed by atoms with E-state index in [1.165, 1.54) is 61.2 Å². The molecule has 0 aliphatic carbocycles. The first-order valence-corrected chi connectivity index (χ1v) is 11.0. The smallest absolute Gasteiger partial charge is 0.254 e. The van der Waals surface area contributed by atoms with Crippen molar-refractivity contribution in [3.05, 3.63) is 53.1 Å². The minimum Gasteiger partial charge on any atom is -0.345 e. The monoisotopic (exact) mass is 466 g/mol. The maximum atomic E-state index is 12.5. The quantitative estimate of drug-likeness (QED) is 0.577. The Kier molecular flexibility index (Phi) is 7.77. The summed E-state index contributed by atoms with van der Waals surface area (Å²) in [4.78, 5) is 37.0. The van der Waals surface area contributed by atoms with Gasteiger partial charge in [-0.25, -0.2) is 8.42 Å². The van der Waals surface area contributed by atoms with Gasteiger partial charge in [0.05, 0.1) is 21.5 Å². The highest BCUT2D eigenvalue weighted by atomic mass is 35.5. The van der Waals surface area contributed by atoms with Gasteiger partial charge in [-0.1, -0.05) is 11.6 Å². The Balaban J connectivity index is 2.10. The Morgan fingerprint density at radius 1 is 0.968 bits per heavy atom. The molecule has 0 aromatic heterocycles. The number of rotatable bonds is 7. The molecule has 166 valence electrons. The molecule has 0 heterocycles. The van der Waals surface area contributed by atoms with Crippen LogP contribution in [0.25, 0.3) is 0 Å². The number of carbonyl (C=O) groups is 3. The van der Waals surface area contributed by atoms with Gasteiger partial charge >= 0.3 is 0 Å². The zero-order chi connectivity index (χ0) is 23.3. The molecule has 2 aromatic carbocycles. The zero-order valence-electron chi connectivity index (χ0n) is 17.4. The van der Waals surface area contributed by atoms with Gasteiger partial charge in [-0.05, 0) is 49.4 Å². The van der Waals surface area contributed by atoms with Crippen molar-refractivity contribution in [3.63, 3.8) is 0 Å². The van der Waals surface area contributed by atoms with Crippen LogP contribution in [0.4, 0.5) is 11.4 Å². The van der Waals surface area contributed by atoms with Crippen LogP contribution in [0.15, 0.2) is 47.4 Å². The molecule has 0 radical (unpaired) electrons. The molecule has 1 atom stereocenters. The lowest BCUT2D eigenvalue weighted by Gasteiger charge is -2.16. The van der Waals surface area contributed by atoms with Crippen LogP contribution in [0.3, 0.4) is 0 Å². The molecule has 0 unspecified atom stereocenters. The summed E-state index contributed by atoms with van der Waals surface area (Å²) in [6.45, 7) is 2.73. The molecule has 2 rings (SSSR count). The molecule has 31 heavy (non-hydrogen) atoms. The van der Waals surface area contributed by atoms with E-state index in [1.807, 2.05) is 0 Å². The number of hydrogen-bond donors (Lipinski definition) is 3. The fraction of sp³-hybridized carbons (Fsp3) is 0.250. The zero-order valence-corrected chi connectivity index (χ0v) is 19.0. The van der Waals surface area contributed by atoms with E-state index in [9.17, 15) is 22.8 Å². The van der Waals surface area contributed by atoms with Gasteiger partial charge in [0.25, 0.3) is 5.91 Å². The Labute approximate surface area is 185 Å². The topological polar surface area (TPSA) is 125 Å². The van der Waals surface area contributed by atoms with Crippen molar-refractivity contribution >= 4 is 50.7 Å². The van der Waals surface area contributed by atoms with Crippen LogP contribution in [-0.2, 0) is 19.6 Å². The molecule has 0 bridgehead atoms. The summed E-state index contributed by atoms with van der Waals surface area (Å²) in [6, 6.07) is 8.81. The number of benzene rings is 2. The third-order valence-electron chi connectivity index (χ3n) is 4.08. The van der Waals surface area contributed by atoms with Crippen LogP contribution in [0.1, 0.15) is 24.2 Å². The van der Waals surface area contributed by atoms with Crippen molar-refractivity contribution in [1.82, 2.24) is 9.62 Å². The second-order valence-corrected chi connectivity index (χ2v) is 9.05. The van der Waals surface area contributed by atoms with Gasteiger partial charge in [-0.2, -0.15) is 4.72 Å². The normalized spacial score (nSPS) is 12.0. The van der Waals surface area contributed by atoms with Crippen molar-refractivity contribution in [3.8, 4) is 0 Å². The summed E-state index contributed by atoms with van der Waals surface area (Å²) in [7, 11) is -0.841. The minimum atomic E-state index is -3.99. The number of carbonyl (C=O) groups excluding carboxylic acids is 3. The van der Waals surface area contributed by atoms with E-state index in [0.29, 0.717) is 11.4 Å². The molecule has 0 aliphatic rings. The molecule has 3 amide bonds. The first-order valence-electron chi connectivity index (χ1n) is 9.13. The molecule has 9 nitrogen and oxygen atoms in total. The standard InChI is InChI=1S/C20H23ClN4O5S/c1-12(24-31(29,30)16-8-5-14(6-9-16)22-13(2)26)19(27)23-15-7-10-18(21)17(11-15)20(28)25(3)4/h5-12,24H,1-4H3,(H,22,26)(H,23,27)/t12-/m0/s1. The third-order valence-corrected chi connectivity index (χ3v) is 5.97. The molecular weight excluding hydrogens is 444 g/mol. The van der Waals surface area contributed by atoms with E-state index in [1.54, 1.807) is 14.1 Å². The third kappa shape index (κ3) is 6.51. The number of halogens is 1. The second-order valence-electron chi connectivity index (χ2n) is 6.93. The average Bonchev–Trinajstić information content (AvgIpc) is 2.68. The van der Waals surface area contributed by atoms with Crippen molar-refractivity contribution in [2.24, 2.45) is 0 Å². The summed E-state index contributed by atoms with van der Waals surface area (Å²) in [5.74, 6) is -1.24. The van der Waals surface area contributed by atoms with Crippen molar-refractivity contribution < 1.29 is 22.8 Å². The first kappa shape index (κ1) is 24.3. The molecule has 0 saturated carbocycles. The molecule has 11 heteroatoms. The lowest BCUT2D eigenvalue weighted by atomic mass is 10.1. The second kappa shape index (κ2) is 9.90. The SMILES string of the molecule is CC(=O)Nc1ccc(S(=O)(=O)N[C@@H](C)C(=O)Nc2ccc(Cl)c(C(=O)N(C)C)c2)cc1. The predicted octanol–water partition coefficient (Wildman–Crippen LogP) is 2.31. The van der Waals surface area contributed by atoms with Gasteiger partial charge < -0.3 is 15.5 Å². The molecule has 0 spiro atoms. The first-order chi connectivity index (χ1) is 14.4. The Morgan fingerprint density at radius 3 is 2.10 bits per heavy atom. The highest BCUT2D eigenvalue weighted by Gasteiger charge is 2.23. The van der Waals surface area contributed by atoms with E-state index < -0.39 is 22.0 Å². The minimum absolute atomic E-state index is 0.0633. The lowest BCUT2D eigenvalue weighted by Crippen LogP contribution is -2.41. The van der Waals surface area contributed by atoms with Crippen molar-refractivity contribution in [1.29, 1.82) is 0 Å². The van der Waals surface area contributed by atoms with Gasteiger partial charge in [-0.15, -0.1) is 0 Å². The van der Waals surface area contributed by atoms with Crippen LogP contribution in [0.5, 0.6) is 0 Å². The number of anilines is 2. The van der Waals surface area contributed by atoms with Gasteiger partial charge in [-0.3, -0.25) is 14.4 Å². The fourth-order valence-corrected chi connectivity index (χ4v) is 3.93. The van der Waals surface area contributed by atoms with Crippen LogP contribution in [0, 0.1) is 0 Å². The van der Waals surface area contributed by atoms with Gasteiger partial charge in [0, 0.05) is 32.4 Å². The molecule has 2 aromatic rings. The maximum Gasteiger partial charge on any atom is 0.254 e. The molecule has 0 saturated heterocycles. The summed E-state index contributed by atoms with van der Waals surface area (Å²) >= 11 is 6.05. The van der Waals surface area contributed by atoms with E-state index in [-0.39, 0.29) is 27.3 Å². The van der Waals surface area contributed by atoms with E-state index in [4.69, 9.17) is 11.6 Å². The molecular formula is C20H23ClN4O5S. The Bertz CT molecular complexity index is 1100. The maximum absolute atomic E-state index is 12.5. The largest absolute Gasteiger partial charge is 0.345 e. The molecule has 0 aliphatic heterocycles. The fourth-order valence-electron chi connectivity index (χ4n) is 2.53. The number of sulfonamides is 1. The summed E-state index contributed by atoms with van der Waals surface area (Å²) in [5, 5.41) is 5.33.